The SMILES string of the molecule is CN=C(NCc1ccccc1OCC(F)(F)F)NC(C)Cc1c(C)nn(C)c1C. The van der Waals surface area contributed by atoms with Gasteiger partial charge in [0.2, 0.25) is 0 Å². The summed E-state index contributed by atoms with van der Waals surface area (Å²) in [6.45, 7) is 5.02. The molecule has 1 heterocycles. The Labute approximate surface area is 169 Å². The number of benzene rings is 1. The van der Waals surface area contributed by atoms with Gasteiger partial charge in [0.15, 0.2) is 12.6 Å². The van der Waals surface area contributed by atoms with Gasteiger partial charge in [-0.05, 0) is 38.8 Å². The van der Waals surface area contributed by atoms with Gasteiger partial charge >= 0.3 is 6.18 Å². The van der Waals surface area contributed by atoms with Crippen molar-refractivity contribution in [2.24, 2.45) is 12.0 Å². The monoisotopic (exact) mass is 411 g/mol. The van der Waals surface area contributed by atoms with Crippen LogP contribution in [0.5, 0.6) is 5.75 Å². The van der Waals surface area contributed by atoms with Gasteiger partial charge in [-0.25, -0.2) is 0 Å². The van der Waals surface area contributed by atoms with Crippen LogP contribution in [-0.2, 0) is 20.0 Å². The van der Waals surface area contributed by atoms with Gasteiger partial charge in [-0.3, -0.25) is 9.67 Å². The first-order valence-electron chi connectivity index (χ1n) is 9.34. The van der Waals surface area contributed by atoms with E-state index in [0.717, 1.165) is 17.8 Å². The van der Waals surface area contributed by atoms with Crippen molar-refractivity contribution >= 4 is 5.96 Å². The molecule has 0 radical (unpaired) electrons. The first kappa shape index (κ1) is 22.6. The van der Waals surface area contributed by atoms with Gasteiger partial charge in [-0.2, -0.15) is 18.3 Å². The molecule has 0 spiro atoms. The lowest BCUT2D eigenvalue weighted by atomic mass is 10.1. The minimum absolute atomic E-state index is 0.0829. The lowest BCUT2D eigenvalue weighted by Gasteiger charge is -2.19. The predicted molar refractivity (Wildman–Crippen MR) is 107 cm³/mol. The summed E-state index contributed by atoms with van der Waals surface area (Å²) >= 11 is 0. The summed E-state index contributed by atoms with van der Waals surface area (Å²) in [6.07, 6.45) is -3.60. The van der Waals surface area contributed by atoms with Crippen LogP contribution in [0.15, 0.2) is 29.3 Å². The minimum Gasteiger partial charge on any atom is -0.484 e. The van der Waals surface area contributed by atoms with Crippen molar-refractivity contribution in [2.75, 3.05) is 13.7 Å². The number of hydrogen-bond donors (Lipinski definition) is 2. The maximum absolute atomic E-state index is 12.4. The number of ether oxygens (including phenoxy) is 1. The molecule has 2 aromatic rings. The van der Waals surface area contributed by atoms with Crippen molar-refractivity contribution in [3.05, 3.63) is 46.8 Å². The number of guanidine groups is 1. The van der Waals surface area contributed by atoms with Crippen LogP contribution in [0.25, 0.3) is 0 Å². The van der Waals surface area contributed by atoms with E-state index in [1.54, 1.807) is 25.2 Å². The number of hydrogen-bond acceptors (Lipinski definition) is 3. The van der Waals surface area contributed by atoms with Crippen LogP contribution in [-0.4, -0.2) is 41.6 Å². The highest BCUT2D eigenvalue weighted by Gasteiger charge is 2.28. The number of alkyl halides is 3. The van der Waals surface area contributed by atoms with E-state index in [9.17, 15) is 13.2 Å². The summed E-state index contributed by atoms with van der Waals surface area (Å²) < 4.78 is 44.1. The molecular weight excluding hydrogens is 383 g/mol. The van der Waals surface area contributed by atoms with Crippen LogP contribution in [0.4, 0.5) is 13.2 Å². The number of nitrogens with one attached hydrogen (secondary N) is 2. The van der Waals surface area contributed by atoms with Gasteiger partial charge < -0.3 is 15.4 Å². The molecule has 0 aliphatic heterocycles. The Morgan fingerprint density at radius 3 is 2.55 bits per heavy atom. The molecule has 29 heavy (non-hydrogen) atoms. The highest BCUT2D eigenvalue weighted by molar-refractivity contribution is 5.80. The molecule has 2 N–H and O–H groups in total. The van der Waals surface area contributed by atoms with Gasteiger partial charge in [-0.1, -0.05) is 18.2 Å². The first-order valence-corrected chi connectivity index (χ1v) is 9.34. The van der Waals surface area contributed by atoms with Crippen molar-refractivity contribution in [1.82, 2.24) is 20.4 Å². The zero-order valence-corrected chi connectivity index (χ0v) is 17.4. The molecule has 0 fully saturated rings. The van der Waals surface area contributed by atoms with E-state index < -0.39 is 12.8 Å². The fourth-order valence-electron chi connectivity index (χ4n) is 3.03. The third-order valence-corrected chi connectivity index (χ3v) is 4.59. The molecule has 6 nitrogen and oxygen atoms in total. The molecular formula is C20H28F3N5O. The highest BCUT2D eigenvalue weighted by atomic mass is 19.4. The largest absolute Gasteiger partial charge is 0.484 e. The fourth-order valence-corrected chi connectivity index (χ4v) is 3.03. The number of aryl methyl sites for hydroxylation is 2. The zero-order chi connectivity index (χ0) is 21.6. The molecule has 0 saturated carbocycles. The Morgan fingerprint density at radius 1 is 1.28 bits per heavy atom. The highest BCUT2D eigenvalue weighted by Crippen LogP contribution is 2.22. The van der Waals surface area contributed by atoms with Crippen molar-refractivity contribution < 1.29 is 17.9 Å². The maximum Gasteiger partial charge on any atom is 0.422 e. The van der Waals surface area contributed by atoms with E-state index in [-0.39, 0.29) is 18.3 Å². The van der Waals surface area contributed by atoms with E-state index in [1.165, 1.54) is 11.6 Å². The summed E-state index contributed by atoms with van der Waals surface area (Å²) in [5.41, 5.74) is 3.92. The summed E-state index contributed by atoms with van der Waals surface area (Å²) in [7, 11) is 3.57. The minimum atomic E-state index is -4.38. The molecule has 0 bridgehead atoms. The lowest BCUT2D eigenvalue weighted by Crippen LogP contribution is -2.42. The maximum atomic E-state index is 12.4. The van der Waals surface area contributed by atoms with E-state index in [0.29, 0.717) is 11.5 Å². The Kier molecular flexibility index (Phi) is 7.53. The van der Waals surface area contributed by atoms with Gasteiger partial charge in [-0.15, -0.1) is 0 Å². The second kappa shape index (κ2) is 9.67. The Balaban J connectivity index is 1.95. The first-order chi connectivity index (χ1) is 13.6. The number of aromatic nitrogens is 2. The second-order valence-corrected chi connectivity index (χ2v) is 6.96. The number of para-hydroxylation sites is 1. The molecule has 0 aliphatic rings. The molecule has 1 aromatic heterocycles. The summed E-state index contributed by atoms with van der Waals surface area (Å²) in [5, 5.41) is 10.9. The molecule has 1 atom stereocenters. The van der Waals surface area contributed by atoms with Gasteiger partial charge in [0.25, 0.3) is 0 Å². The van der Waals surface area contributed by atoms with Crippen molar-refractivity contribution in [3.8, 4) is 5.75 Å². The van der Waals surface area contributed by atoms with Crippen LogP contribution in [0.1, 0.15) is 29.4 Å². The lowest BCUT2D eigenvalue weighted by molar-refractivity contribution is -0.153. The molecule has 1 unspecified atom stereocenters. The van der Waals surface area contributed by atoms with Crippen molar-refractivity contribution in [2.45, 2.75) is 46.0 Å². The predicted octanol–water partition coefficient (Wildman–Crippen LogP) is 3.27. The van der Waals surface area contributed by atoms with Crippen LogP contribution in [0.3, 0.4) is 0 Å². The van der Waals surface area contributed by atoms with Crippen molar-refractivity contribution in [3.63, 3.8) is 0 Å². The number of rotatable bonds is 7. The average Bonchev–Trinajstić information content (AvgIpc) is 2.89. The third kappa shape index (κ3) is 6.69. The van der Waals surface area contributed by atoms with E-state index >= 15 is 0 Å². The van der Waals surface area contributed by atoms with Gasteiger partial charge in [0.05, 0.1) is 5.69 Å². The van der Waals surface area contributed by atoms with Crippen LogP contribution < -0.4 is 15.4 Å². The molecule has 0 amide bonds. The van der Waals surface area contributed by atoms with Gasteiger partial charge in [0, 0.05) is 37.9 Å². The molecule has 0 aliphatic carbocycles. The van der Waals surface area contributed by atoms with Crippen LogP contribution in [0, 0.1) is 13.8 Å². The topological polar surface area (TPSA) is 63.5 Å². The van der Waals surface area contributed by atoms with E-state index in [2.05, 4.69) is 20.7 Å². The molecule has 9 heteroatoms. The Bertz CT molecular complexity index is 845. The molecule has 1 aromatic carbocycles. The van der Waals surface area contributed by atoms with E-state index in [1.807, 2.05) is 32.5 Å². The molecule has 160 valence electrons. The standard InChI is InChI=1S/C20H28F3N5O/c1-13(10-17-14(2)27-28(5)15(17)3)26-19(24-4)25-11-16-8-6-7-9-18(16)29-12-20(21,22)23/h6-9,13H,10-12H2,1-5H3,(H2,24,25,26). The fraction of sp³-hybridized carbons (Fsp3) is 0.500. The molecule has 2 rings (SSSR count). The Hall–Kier alpha value is -2.71. The van der Waals surface area contributed by atoms with Crippen LogP contribution >= 0.6 is 0 Å². The third-order valence-electron chi connectivity index (χ3n) is 4.59. The van der Waals surface area contributed by atoms with Crippen LogP contribution in [0.2, 0.25) is 0 Å². The van der Waals surface area contributed by atoms with E-state index in [4.69, 9.17) is 4.74 Å². The normalized spacial score (nSPS) is 13.3. The quantitative estimate of drug-likeness (QED) is 0.542. The summed E-state index contributed by atoms with van der Waals surface area (Å²) in [6, 6.07) is 6.72. The zero-order valence-electron chi connectivity index (χ0n) is 17.4. The summed E-state index contributed by atoms with van der Waals surface area (Å²) in [4.78, 5) is 4.20. The number of aliphatic imine (C=N–C) groups is 1. The smallest absolute Gasteiger partial charge is 0.422 e. The average molecular weight is 411 g/mol. The Morgan fingerprint density at radius 2 is 1.97 bits per heavy atom. The molecule has 0 saturated heterocycles. The van der Waals surface area contributed by atoms with Gasteiger partial charge in [0.1, 0.15) is 5.75 Å². The second-order valence-electron chi connectivity index (χ2n) is 6.96. The summed E-state index contributed by atoms with van der Waals surface area (Å²) in [5.74, 6) is 0.754. The number of nitrogens with zero attached hydrogens (tertiary/aromatic N) is 3. The number of halogens is 3. The van der Waals surface area contributed by atoms with Crippen molar-refractivity contribution in [1.29, 1.82) is 0 Å².